The summed E-state index contributed by atoms with van der Waals surface area (Å²) in [6.07, 6.45) is 3.32. The van der Waals surface area contributed by atoms with Crippen molar-refractivity contribution in [3.05, 3.63) is 66.4 Å². The van der Waals surface area contributed by atoms with Crippen molar-refractivity contribution in [2.75, 3.05) is 6.54 Å². The van der Waals surface area contributed by atoms with Gasteiger partial charge < -0.3 is 15.1 Å². The molecule has 1 aromatic carbocycles. The fourth-order valence-electron chi connectivity index (χ4n) is 2.40. The highest BCUT2D eigenvalue weighted by molar-refractivity contribution is 5.86. The lowest BCUT2D eigenvalue weighted by molar-refractivity contribution is -0.128. The van der Waals surface area contributed by atoms with Gasteiger partial charge in [0.05, 0.1) is 19.4 Å². The Kier molecular flexibility index (Phi) is 5.71. The third-order valence-electron chi connectivity index (χ3n) is 3.72. The minimum Gasteiger partial charge on any atom is -0.467 e. The zero-order valence-electron chi connectivity index (χ0n) is 13.9. The van der Waals surface area contributed by atoms with Gasteiger partial charge in [-0.05, 0) is 28.1 Å². The first-order valence-electron chi connectivity index (χ1n) is 8.05. The topological polar surface area (TPSA) is 115 Å². The molecule has 0 aliphatic rings. The molecule has 2 heterocycles. The molecule has 134 valence electrons. The van der Waals surface area contributed by atoms with Crippen molar-refractivity contribution >= 4 is 11.8 Å². The van der Waals surface area contributed by atoms with E-state index < -0.39 is 6.04 Å². The summed E-state index contributed by atoms with van der Waals surface area (Å²) in [7, 11) is 0. The summed E-state index contributed by atoms with van der Waals surface area (Å²) in [5.41, 5.74) is 0.963. The largest absolute Gasteiger partial charge is 0.467 e. The second-order valence-electron chi connectivity index (χ2n) is 5.57. The van der Waals surface area contributed by atoms with Crippen molar-refractivity contribution in [2.45, 2.75) is 19.0 Å². The molecule has 9 heteroatoms. The number of carbonyl (C=O) groups excluding carboxylic acids is 2. The molecule has 1 atom stereocenters. The van der Waals surface area contributed by atoms with Crippen LogP contribution < -0.4 is 10.6 Å². The van der Waals surface area contributed by atoms with Crippen LogP contribution in [0.15, 0.2) is 59.5 Å². The van der Waals surface area contributed by atoms with E-state index >= 15 is 0 Å². The number of furan rings is 1. The lowest BCUT2D eigenvalue weighted by atomic mass is 10.1. The SMILES string of the molecule is O=C(CNC(=O)C(Cc1ccccc1)n1cnnn1)NCc1ccco1. The highest BCUT2D eigenvalue weighted by atomic mass is 16.3. The zero-order chi connectivity index (χ0) is 18.2. The van der Waals surface area contributed by atoms with Crippen molar-refractivity contribution in [1.29, 1.82) is 0 Å². The Labute approximate surface area is 149 Å². The highest BCUT2D eigenvalue weighted by Crippen LogP contribution is 2.13. The Hall–Kier alpha value is -3.49. The molecule has 0 aliphatic heterocycles. The van der Waals surface area contributed by atoms with Gasteiger partial charge >= 0.3 is 0 Å². The molecule has 26 heavy (non-hydrogen) atoms. The van der Waals surface area contributed by atoms with Crippen LogP contribution in [-0.2, 0) is 22.6 Å². The van der Waals surface area contributed by atoms with Crippen LogP contribution in [0, 0.1) is 0 Å². The van der Waals surface area contributed by atoms with Crippen molar-refractivity contribution in [1.82, 2.24) is 30.8 Å². The van der Waals surface area contributed by atoms with Gasteiger partial charge in [0.1, 0.15) is 18.1 Å². The Morgan fingerprint density at radius 2 is 1.96 bits per heavy atom. The summed E-state index contributed by atoms with van der Waals surface area (Å²) in [5, 5.41) is 16.3. The number of benzene rings is 1. The van der Waals surface area contributed by atoms with Crippen LogP contribution in [0.4, 0.5) is 0 Å². The van der Waals surface area contributed by atoms with Gasteiger partial charge in [-0.3, -0.25) is 9.59 Å². The van der Waals surface area contributed by atoms with Crippen LogP contribution in [0.1, 0.15) is 17.4 Å². The smallest absolute Gasteiger partial charge is 0.245 e. The van der Waals surface area contributed by atoms with Crippen LogP contribution in [0.2, 0.25) is 0 Å². The summed E-state index contributed by atoms with van der Waals surface area (Å²) in [6.45, 7) is 0.120. The quantitative estimate of drug-likeness (QED) is 0.608. The van der Waals surface area contributed by atoms with Crippen LogP contribution in [-0.4, -0.2) is 38.6 Å². The zero-order valence-corrected chi connectivity index (χ0v) is 13.9. The fourth-order valence-corrected chi connectivity index (χ4v) is 2.40. The van der Waals surface area contributed by atoms with E-state index in [0.29, 0.717) is 12.2 Å². The van der Waals surface area contributed by atoms with Gasteiger partial charge in [0.15, 0.2) is 0 Å². The Balaban J connectivity index is 1.56. The van der Waals surface area contributed by atoms with Crippen LogP contribution >= 0.6 is 0 Å². The van der Waals surface area contributed by atoms with Crippen LogP contribution in [0.3, 0.4) is 0 Å². The molecule has 2 N–H and O–H groups in total. The number of amides is 2. The van der Waals surface area contributed by atoms with E-state index in [-0.39, 0.29) is 24.9 Å². The number of nitrogens with zero attached hydrogens (tertiary/aromatic N) is 4. The highest BCUT2D eigenvalue weighted by Gasteiger charge is 2.22. The number of carbonyl (C=O) groups is 2. The molecule has 0 saturated carbocycles. The average Bonchev–Trinajstić information content (AvgIpc) is 3.37. The minimum atomic E-state index is -0.648. The van der Waals surface area contributed by atoms with E-state index in [0.717, 1.165) is 5.56 Å². The lowest BCUT2D eigenvalue weighted by Gasteiger charge is -2.16. The molecule has 0 saturated heterocycles. The molecule has 0 radical (unpaired) electrons. The lowest BCUT2D eigenvalue weighted by Crippen LogP contribution is -2.40. The van der Waals surface area contributed by atoms with E-state index in [1.807, 2.05) is 30.3 Å². The number of hydrogen-bond acceptors (Lipinski definition) is 6. The maximum Gasteiger partial charge on any atom is 0.245 e. The fraction of sp³-hybridized carbons (Fsp3) is 0.235. The predicted octanol–water partition coefficient (Wildman–Crippen LogP) is 0.482. The van der Waals surface area contributed by atoms with Gasteiger partial charge in [0.25, 0.3) is 0 Å². The van der Waals surface area contributed by atoms with E-state index in [2.05, 4.69) is 26.2 Å². The molecule has 0 aliphatic carbocycles. The summed E-state index contributed by atoms with van der Waals surface area (Å²) >= 11 is 0. The van der Waals surface area contributed by atoms with Crippen molar-refractivity contribution in [3.8, 4) is 0 Å². The second kappa shape index (κ2) is 8.56. The third kappa shape index (κ3) is 4.76. The second-order valence-corrected chi connectivity index (χ2v) is 5.57. The van der Waals surface area contributed by atoms with Gasteiger partial charge in [-0.25, -0.2) is 4.68 Å². The molecule has 3 aromatic rings. The molecule has 1 unspecified atom stereocenters. The van der Waals surface area contributed by atoms with Crippen LogP contribution in [0.5, 0.6) is 0 Å². The van der Waals surface area contributed by atoms with Crippen molar-refractivity contribution in [2.24, 2.45) is 0 Å². The van der Waals surface area contributed by atoms with E-state index in [4.69, 9.17) is 4.42 Å². The first-order valence-corrected chi connectivity index (χ1v) is 8.05. The maximum atomic E-state index is 12.6. The Morgan fingerprint density at radius 1 is 1.12 bits per heavy atom. The number of tetrazole rings is 1. The van der Waals surface area contributed by atoms with Gasteiger partial charge in [0.2, 0.25) is 11.8 Å². The minimum absolute atomic E-state index is 0.146. The standard InChI is InChI=1S/C17H18N6O3/c24-16(18-10-14-7-4-8-26-14)11-19-17(25)15(23-12-20-21-22-23)9-13-5-2-1-3-6-13/h1-8,12,15H,9-11H2,(H,18,24)(H,19,25). The van der Waals surface area contributed by atoms with E-state index in [1.54, 1.807) is 12.1 Å². The molecule has 2 aromatic heterocycles. The summed E-state index contributed by atoms with van der Waals surface area (Å²) in [6, 6.07) is 12.4. The molecular formula is C17H18N6O3. The molecule has 0 fully saturated rings. The molecule has 2 amide bonds. The monoisotopic (exact) mass is 354 g/mol. The van der Waals surface area contributed by atoms with E-state index in [9.17, 15) is 9.59 Å². The van der Waals surface area contributed by atoms with Gasteiger partial charge in [-0.1, -0.05) is 30.3 Å². The van der Waals surface area contributed by atoms with Gasteiger partial charge in [-0.2, -0.15) is 0 Å². The first kappa shape index (κ1) is 17.3. The van der Waals surface area contributed by atoms with Crippen molar-refractivity contribution in [3.63, 3.8) is 0 Å². The normalized spacial score (nSPS) is 11.7. The van der Waals surface area contributed by atoms with Gasteiger partial charge in [0, 0.05) is 6.42 Å². The third-order valence-corrected chi connectivity index (χ3v) is 3.72. The number of aromatic nitrogens is 4. The summed E-state index contributed by atoms with van der Waals surface area (Å²) in [4.78, 5) is 24.5. The van der Waals surface area contributed by atoms with Crippen molar-refractivity contribution < 1.29 is 14.0 Å². The predicted molar refractivity (Wildman–Crippen MR) is 90.6 cm³/mol. The average molecular weight is 354 g/mol. The van der Waals surface area contributed by atoms with Gasteiger partial charge in [-0.15, -0.1) is 5.10 Å². The molecule has 0 spiro atoms. The van der Waals surface area contributed by atoms with Crippen LogP contribution in [0.25, 0.3) is 0 Å². The molecule has 0 bridgehead atoms. The number of hydrogen-bond donors (Lipinski definition) is 2. The maximum absolute atomic E-state index is 12.6. The number of rotatable bonds is 8. The summed E-state index contributed by atoms with van der Waals surface area (Å²) < 4.78 is 6.51. The Morgan fingerprint density at radius 3 is 2.65 bits per heavy atom. The molecule has 9 nitrogen and oxygen atoms in total. The first-order chi connectivity index (χ1) is 12.7. The Bertz CT molecular complexity index is 818. The van der Waals surface area contributed by atoms with E-state index in [1.165, 1.54) is 17.3 Å². The number of nitrogens with one attached hydrogen (secondary N) is 2. The summed E-state index contributed by atoms with van der Waals surface area (Å²) in [5.74, 6) is -0.0143. The molecular weight excluding hydrogens is 336 g/mol. The molecule has 3 rings (SSSR count).